The SMILES string of the molecule is O=C(O)C(=O)c1c(O)ccc2c1CCCC2. The number of carboxylic acids is 1. The Morgan fingerprint density at radius 2 is 1.81 bits per heavy atom. The van der Waals surface area contributed by atoms with E-state index in [-0.39, 0.29) is 11.3 Å². The smallest absolute Gasteiger partial charge is 0.377 e. The van der Waals surface area contributed by atoms with E-state index in [0.717, 1.165) is 24.8 Å². The molecule has 16 heavy (non-hydrogen) atoms. The lowest BCUT2D eigenvalue weighted by Gasteiger charge is -2.18. The maximum absolute atomic E-state index is 11.5. The van der Waals surface area contributed by atoms with E-state index in [1.807, 2.05) is 0 Å². The number of hydrogen-bond acceptors (Lipinski definition) is 3. The molecule has 0 amide bonds. The molecule has 4 nitrogen and oxygen atoms in total. The standard InChI is InChI=1S/C12H12O4/c13-9-6-5-7-3-1-2-4-8(7)10(9)11(14)12(15)16/h5-6,13H,1-4H2,(H,15,16). The summed E-state index contributed by atoms with van der Waals surface area (Å²) in [5.74, 6) is -2.77. The molecule has 1 aromatic carbocycles. The monoisotopic (exact) mass is 220 g/mol. The molecule has 0 atom stereocenters. The van der Waals surface area contributed by atoms with Gasteiger partial charge in [-0.15, -0.1) is 0 Å². The van der Waals surface area contributed by atoms with Gasteiger partial charge in [-0.1, -0.05) is 6.07 Å². The quantitative estimate of drug-likeness (QED) is 0.585. The molecule has 4 heteroatoms. The fourth-order valence-corrected chi connectivity index (χ4v) is 2.18. The van der Waals surface area contributed by atoms with Crippen LogP contribution in [0.5, 0.6) is 5.75 Å². The Hall–Kier alpha value is -1.84. The number of carboxylic acid groups (broad SMARTS) is 1. The molecule has 0 saturated carbocycles. The number of Topliss-reactive ketones (excluding diaryl/α,β-unsaturated/α-hetero) is 1. The summed E-state index contributed by atoms with van der Waals surface area (Å²) < 4.78 is 0. The number of hydrogen-bond donors (Lipinski definition) is 2. The number of rotatable bonds is 2. The van der Waals surface area contributed by atoms with Gasteiger partial charge in [0.25, 0.3) is 5.78 Å². The Morgan fingerprint density at radius 3 is 2.50 bits per heavy atom. The molecule has 0 unspecified atom stereocenters. The third-order valence-corrected chi connectivity index (χ3v) is 2.93. The summed E-state index contributed by atoms with van der Waals surface area (Å²) in [6.07, 6.45) is 3.47. The molecule has 0 heterocycles. The Bertz CT molecular complexity index is 462. The van der Waals surface area contributed by atoms with Crippen LogP contribution in [0.2, 0.25) is 0 Å². The molecular formula is C12H12O4. The number of phenolic OH excluding ortho intramolecular Hbond substituents is 1. The van der Waals surface area contributed by atoms with Gasteiger partial charge in [-0.05, 0) is 42.9 Å². The third kappa shape index (κ3) is 1.66. The summed E-state index contributed by atoms with van der Waals surface area (Å²) in [6.45, 7) is 0. The summed E-state index contributed by atoms with van der Waals surface area (Å²) >= 11 is 0. The lowest BCUT2D eigenvalue weighted by molar-refractivity contribution is -0.131. The highest BCUT2D eigenvalue weighted by Gasteiger charge is 2.25. The number of phenols is 1. The summed E-state index contributed by atoms with van der Waals surface area (Å²) in [5.41, 5.74) is 1.66. The molecule has 0 aromatic heterocycles. The fraction of sp³-hybridized carbons (Fsp3) is 0.333. The molecule has 1 aliphatic rings. The van der Waals surface area contributed by atoms with E-state index in [2.05, 4.69) is 0 Å². The van der Waals surface area contributed by atoms with Gasteiger partial charge in [0.15, 0.2) is 0 Å². The highest BCUT2D eigenvalue weighted by molar-refractivity contribution is 6.41. The first-order valence-corrected chi connectivity index (χ1v) is 5.22. The van der Waals surface area contributed by atoms with Crippen molar-refractivity contribution in [1.29, 1.82) is 0 Å². The Balaban J connectivity index is 2.58. The van der Waals surface area contributed by atoms with Gasteiger partial charge in [0.2, 0.25) is 0 Å². The van der Waals surface area contributed by atoms with Gasteiger partial charge in [-0.2, -0.15) is 0 Å². The van der Waals surface area contributed by atoms with Crippen LogP contribution in [0, 0.1) is 0 Å². The molecule has 0 bridgehead atoms. The lowest BCUT2D eigenvalue weighted by Crippen LogP contribution is -2.18. The van der Waals surface area contributed by atoms with E-state index in [0.29, 0.717) is 12.0 Å². The molecule has 2 N–H and O–H groups in total. The Kier molecular flexibility index (Phi) is 2.64. The maximum Gasteiger partial charge on any atom is 0.377 e. The molecule has 1 aromatic rings. The second-order valence-corrected chi connectivity index (χ2v) is 3.94. The molecule has 0 fully saturated rings. The van der Waals surface area contributed by atoms with Crippen molar-refractivity contribution in [3.8, 4) is 5.75 Å². The molecular weight excluding hydrogens is 208 g/mol. The zero-order chi connectivity index (χ0) is 11.7. The third-order valence-electron chi connectivity index (χ3n) is 2.93. The van der Waals surface area contributed by atoms with Crippen molar-refractivity contribution in [2.75, 3.05) is 0 Å². The minimum atomic E-state index is -1.52. The first kappa shape index (κ1) is 10.7. The molecule has 0 saturated heterocycles. The normalized spacial score (nSPS) is 14.2. The van der Waals surface area contributed by atoms with Gasteiger partial charge in [0.05, 0.1) is 5.56 Å². The number of aromatic hydroxyl groups is 1. The zero-order valence-electron chi connectivity index (χ0n) is 8.69. The largest absolute Gasteiger partial charge is 0.507 e. The van der Waals surface area contributed by atoms with E-state index in [9.17, 15) is 14.7 Å². The van der Waals surface area contributed by atoms with Gasteiger partial charge in [0, 0.05) is 0 Å². The number of carbonyl (C=O) groups excluding carboxylic acids is 1. The number of aryl methyl sites for hydroxylation is 1. The average Bonchev–Trinajstić information content (AvgIpc) is 2.28. The van der Waals surface area contributed by atoms with Crippen molar-refractivity contribution in [3.63, 3.8) is 0 Å². The molecule has 0 spiro atoms. The number of aliphatic carboxylic acids is 1. The van der Waals surface area contributed by atoms with E-state index in [1.165, 1.54) is 6.07 Å². The Labute approximate surface area is 92.5 Å². The average molecular weight is 220 g/mol. The predicted octanol–water partition coefficient (Wildman–Crippen LogP) is 1.54. The number of benzene rings is 1. The molecule has 0 aliphatic heterocycles. The van der Waals surface area contributed by atoms with Crippen molar-refractivity contribution >= 4 is 11.8 Å². The maximum atomic E-state index is 11.5. The van der Waals surface area contributed by atoms with Crippen LogP contribution in [-0.4, -0.2) is 22.0 Å². The Morgan fingerprint density at radius 1 is 1.12 bits per heavy atom. The van der Waals surface area contributed by atoms with Gasteiger partial charge in [-0.25, -0.2) is 4.79 Å². The van der Waals surface area contributed by atoms with Gasteiger partial charge >= 0.3 is 5.97 Å². The second-order valence-electron chi connectivity index (χ2n) is 3.94. The van der Waals surface area contributed by atoms with E-state index >= 15 is 0 Å². The van der Waals surface area contributed by atoms with E-state index in [1.54, 1.807) is 6.07 Å². The van der Waals surface area contributed by atoms with Crippen molar-refractivity contribution in [2.45, 2.75) is 25.7 Å². The fourth-order valence-electron chi connectivity index (χ4n) is 2.18. The highest BCUT2D eigenvalue weighted by Crippen LogP contribution is 2.30. The molecule has 0 radical (unpaired) electrons. The topological polar surface area (TPSA) is 74.6 Å². The van der Waals surface area contributed by atoms with Crippen LogP contribution in [-0.2, 0) is 17.6 Å². The lowest BCUT2D eigenvalue weighted by atomic mass is 9.86. The minimum absolute atomic E-state index is 0.0234. The number of carbonyl (C=O) groups is 2. The molecule has 1 aliphatic carbocycles. The highest BCUT2D eigenvalue weighted by atomic mass is 16.4. The summed E-state index contributed by atoms with van der Waals surface area (Å²) in [6, 6.07) is 3.17. The minimum Gasteiger partial charge on any atom is -0.507 e. The summed E-state index contributed by atoms with van der Waals surface area (Å²) in [5, 5.41) is 18.3. The van der Waals surface area contributed by atoms with Crippen molar-refractivity contribution in [3.05, 3.63) is 28.8 Å². The number of fused-ring (bicyclic) bond motifs is 1. The first-order valence-electron chi connectivity index (χ1n) is 5.22. The van der Waals surface area contributed by atoms with Gasteiger partial charge in [-0.3, -0.25) is 4.79 Å². The molecule has 2 rings (SSSR count). The number of ketones is 1. The van der Waals surface area contributed by atoms with E-state index in [4.69, 9.17) is 5.11 Å². The summed E-state index contributed by atoms with van der Waals surface area (Å²) in [4.78, 5) is 22.2. The zero-order valence-corrected chi connectivity index (χ0v) is 8.69. The summed E-state index contributed by atoms with van der Waals surface area (Å²) in [7, 11) is 0. The van der Waals surface area contributed by atoms with Crippen LogP contribution in [0.1, 0.15) is 34.3 Å². The van der Waals surface area contributed by atoms with Crippen LogP contribution in [0.3, 0.4) is 0 Å². The van der Waals surface area contributed by atoms with Crippen molar-refractivity contribution < 1.29 is 19.8 Å². The second kappa shape index (κ2) is 3.96. The van der Waals surface area contributed by atoms with Crippen molar-refractivity contribution in [2.24, 2.45) is 0 Å². The van der Waals surface area contributed by atoms with Crippen LogP contribution in [0.15, 0.2) is 12.1 Å². The van der Waals surface area contributed by atoms with Crippen LogP contribution in [0.4, 0.5) is 0 Å². The van der Waals surface area contributed by atoms with Crippen LogP contribution in [0.25, 0.3) is 0 Å². The van der Waals surface area contributed by atoms with Gasteiger partial charge in [0.1, 0.15) is 5.75 Å². The predicted molar refractivity (Wildman–Crippen MR) is 56.7 cm³/mol. The first-order chi connectivity index (χ1) is 7.61. The van der Waals surface area contributed by atoms with Crippen LogP contribution < -0.4 is 0 Å². The van der Waals surface area contributed by atoms with Gasteiger partial charge < -0.3 is 10.2 Å². The van der Waals surface area contributed by atoms with E-state index < -0.39 is 11.8 Å². The van der Waals surface area contributed by atoms with Crippen LogP contribution >= 0.6 is 0 Å². The van der Waals surface area contributed by atoms with Crippen molar-refractivity contribution in [1.82, 2.24) is 0 Å². The molecule has 84 valence electrons.